The number of aliphatic hydroxyl groups is 5. The Kier molecular flexibility index (Phi) is 58.6. The third kappa shape index (κ3) is 47.4. The van der Waals surface area contributed by atoms with Gasteiger partial charge < -0.3 is 63.8 Å². The second-order valence-corrected chi connectivity index (χ2v) is 22.6. The second kappa shape index (κ2) is 57.6. The summed E-state index contributed by atoms with van der Waals surface area (Å²) < 4.78 is 120. The van der Waals surface area contributed by atoms with Gasteiger partial charge in [-0.1, -0.05) is 174 Å². The zero-order chi connectivity index (χ0) is 73.6. The van der Waals surface area contributed by atoms with Crippen LogP contribution in [0.4, 0.5) is 26.3 Å². The third-order valence-electron chi connectivity index (χ3n) is 11.5. The summed E-state index contributed by atoms with van der Waals surface area (Å²) in [4.78, 5) is 0. The molecule has 5 N–H and O–H groups in total. The molecule has 0 bridgehead atoms. The van der Waals surface area contributed by atoms with Gasteiger partial charge in [-0.05, 0) is 151 Å². The Morgan fingerprint density at radius 1 is 0.544 bits per heavy atom. The molecule has 3 unspecified atom stereocenters. The summed E-state index contributed by atoms with van der Waals surface area (Å²) in [6.45, 7) is 24.0. The average Bonchev–Trinajstić information content (AvgIpc) is 1.30. The monoisotopic (exact) mass is 1470 g/mol. The Hall–Kier alpha value is -6.74. The fourth-order valence-electron chi connectivity index (χ4n) is 7.63. The summed E-state index contributed by atoms with van der Waals surface area (Å²) in [6.07, 6.45) is 0.592. The number of ether oxygens (including phenoxy) is 9. The van der Waals surface area contributed by atoms with Crippen molar-refractivity contribution in [3.05, 3.63) is 164 Å². The maximum Gasteiger partial charge on any atom is 1.00 e. The van der Waals surface area contributed by atoms with E-state index in [9.17, 15) is 41.7 Å². The number of hydrogen-bond acceptors (Lipinski definition) is 15. The largest absolute Gasteiger partial charge is 1.00 e. The second-order valence-electron chi connectivity index (χ2n) is 22.6. The molecule has 6 aromatic carbocycles. The number of terminal acetylenes is 2. The summed E-state index contributed by atoms with van der Waals surface area (Å²) >= 11 is 0. The molecule has 0 amide bonds. The molecule has 0 aromatic heterocycles. The molecule has 1 fully saturated rings. The number of aliphatic hydroxyl groups excluding tert-OH is 3. The number of halogens is 6. The first-order valence-corrected chi connectivity index (χ1v) is 30.9. The summed E-state index contributed by atoms with van der Waals surface area (Å²) in [5, 5.41) is 60.4. The molecule has 22 heteroatoms. The van der Waals surface area contributed by atoms with Crippen LogP contribution in [0.5, 0.6) is 17.2 Å². The van der Waals surface area contributed by atoms with E-state index in [1.807, 2.05) is 72.8 Å². The molecule has 15 nitrogen and oxygen atoms in total. The molecule has 564 valence electrons. The standard InChI is InChI=1S/C33H36O6.C16H16O2.C10H2.C9H14F6O3.C4H10O.C4H9O.CH4O2.4CH4.K/c1-3-9-30-28-13-7-5-11-24(28)15-17-32(30)38-21-26(34)19-36-23-37-20-27(35)22-39-33-18-16-25-12-6-8-14-29(25)31(33)10-4-2;1-2-5-15-14-7-4-3-6-12(14)8-9-16(15)18-11-13-10-17-13;1-3-5-7-9-10-8-6-4-2;1-3-5-16-7(10,11)8(12,13)18-9(14,15)17-6-4-2;2*1-4(2,3)5;2-1-3;;;;;/h3-8,11-18,26-27,34-35H,1-2,9-10,19-23H2;2-4,6-9,13H,1,5,10-11H2;1-2H;3-6H2,1-2H3;5H,1-3H3;1-3H3;2-3H,1H2;4*1H4;/q;;;;;-1;;;;;;+1. The van der Waals surface area contributed by atoms with Gasteiger partial charge in [0.25, 0.3) is 0 Å². The maximum absolute atomic E-state index is 12.8. The van der Waals surface area contributed by atoms with Crippen LogP contribution in [0.25, 0.3) is 32.3 Å². The van der Waals surface area contributed by atoms with E-state index in [-0.39, 0.29) is 133 Å². The molecule has 1 saturated heterocycles. The number of rotatable bonds is 30. The molecule has 1 heterocycles. The van der Waals surface area contributed by atoms with Gasteiger partial charge in [-0.15, -0.1) is 47.0 Å². The maximum atomic E-state index is 12.8. The van der Waals surface area contributed by atoms with Crippen LogP contribution in [0.2, 0.25) is 0 Å². The molecule has 6 aromatic rings. The Balaban J connectivity index is -0.000000421. The minimum absolute atomic E-state index is 0. The summed E-state index contributed by atoms with van der Waals surface area (Å²) in [5.74, 6) is 20.8. The van der Waals surface area contributed by atoms with Crippen molar-refractivity contribution in [2.24, 2.45) is 0 Å². The quantitative estimate of drug-likeness (QED) is 0.00540. The molecule has 0 spiro atoms. The Bertz CT molecular complexity index is 3450. The van der Waals surface area contributed by atoms with E-state index >= 15 is 0 Å². The van der Waals surface area contributed by atoms with Crippen molar-refractivity contribution in [1.29, 1.82) is 0 Å². The SMILES string of the molecule is C.C.C.C.C#CC#CC#CC#CC#C.C=CCc1c(OCC(O)COCOCC(O)COc2ccc3ccccc3c2CC=C)ccc2ccccc12.C=CCc1c(OCC2CO2)ccc2ccccc12.CC(C)(C)O.CC(C)(C)[O-].CCCOC(F)(F)OC(F)(F)C(F)(F)OCCC.OCO.[K+]. The van der Waals surface area contributed by atoms with E-state index in [0.717, 1.165) is 62.9 Å². The van der Waals surface area contributed by atoms with Crippen LogP contribution in [0.1, 0.15) is 115 Å². The Labute approximate surface area is 651 Å². The summed E-state index contributed by atoms with van der Waals surface area (Å²) in [5.41, 5.74) is 2.04. The van der Waals surface area contributed by atoms with Crippen molar-refractivity contribution in [1.82, 2.24) is 0 Å². The third-order valence-corrected chi connectivity index (χ3v) is 11.5. The van der Waals surface area contributed by atoms with Crippen molar-refractivity contribution in [3.63, 3.8) is 0 Å². The fraction of sp³-hybridized carbons (Fsp3) is 0.432. The number of benzene rings is 6. The Morgan fingerprint density at radius 2 is 0.854 bits per heavy atom. The normalized spacial score (nSPS) is 12.0. The van der Waals surface area contributed by atoms with Gasteiger partial charge in [0.15, 0.2) is 0 Å². The van der Waals surface area contributed by atoms with Gasteiger partial charge in [0, 0.05) is 16.7 Å². The summed E-state index contributed by atoms with van der Waals surface area (Å²) in [6, 6.07) is 36.6. The van der Waals surface area contributed by atoms with Crippen LogP contribution < -0.4 is 70.7 Å². The first-order chi connectivity index (χ1) is 46.4. The number of alkyl halides is 6. The molecule has 3 atom stereocenters. The van der Waals surface area contributed by atoms with Crippen molar-refractivity contribution in [2.75, 3.05) is 66.4 Å². The van der Waals surface area contributed by atoms with Crippen LogP contribution >= 0.6 is 0 Å². The molecule has 1 aliphatic rings. The molecule has 0 saturated carbocycles. The molecule has 7 rings (SSSR count). The van der Waals surface area contributed by atoms with E-state index in [0.29, 0.717) is 19.4 Å². The summed E-state index contributed by atoms with van der Waals surface area (Å²) in [7, 11) is 0. The van der Waals surface area contributed by atoms with Gasteiger partial charge in [0.2, 0.25) is 0 Å². The van der Waals surface area contributed by atoms with E-state index in [2.05, 4.69) is 136 Å². The zero-order valence-electron chi connectivity index (χ0n) is 57.8. The molecule has 1 aliphatic heterocycles. The van der Waals surface area contributed by atoms with Gasteiger partial charge in [-0.2, -0.15) is 17.6 Å². The predicted octanol–water partition coefficient (Wildman–Crippen LogP) is 12.2. The van der Waals surface area contributed by atoms with Gasteiger partial charge in [-0.3, -0.25) is 4.74 Å². The van der Waals surface area contributed by atoms with Crippen molar-refractivity contribution in [3.8, 4) is 77.5 Å². The van der Waals surface area contributed by atoms with Crippen molar-refractivity contribution in [2.45, 2.75) is 165 Å². The molecular formula is C81H107F6KO15. The molecule has 103 heavy (non-hydrogen) atoms. The van der Waals surface area contributed by atoms with Crippen LogP contribution in [0.15, 0.2) is 147 Å². The molecule has 0 radical (unpaired) electrons. The number of epoxide rings is 1. The van der Waals surface area contributed by atoms with Crippen molar-refractivity contribution >= 4 is 32.3 Å². The number of fused-ring (bicyclic) bond motifs is 3. The van der Waals surface area contributed by atoms with Crippen LogP contribution in [0.3, 0.4) is 0 Å². The van der Waals surface area contributed by atoms with E-state index in [1.165, 1.54) is 30.2 Å². The number of allylic oxidation sites excluding steroid dienone is 3. The predicted molar refractivity (Wildman–Crippen MR) is 396 cm³/mol. The van der Waals surface area contributed by atoms with E-state index in [1.54, 1.807) is 41.5 Å². The minimum atomic E-state index is -5.50. The van der Waals surface area contributed by atoms with Gasteiger partial charge >= 0.3 is 69.9 Å². The average molecular weight is 1470 g/mol. The van der Waals surface area contributed by atoms with E-state index in [4.69, 9.17) is 56.6 Å². The van der Waals surface area contributed by atoms with Crippen molar-refractivity contribution < 1.29 is 151 Å². The van der Waals surface area contributed by atoms with Gasteiger partial charge in [-0.25, -0.2) is 4.74 Å². The number of hydrogen-bond donors (Lipinski definition) is 5. The minimum Gasteiger partial charge on any atom is -0.850 e. The first-order valence-electron chi connectivity index (χ1n) is 30.9. The Morgan fingerprint density at radius 3 is 1.17 bits per heavy atom. The first kappa shape index (κ1) is 105. The zero-order valence-corrected chi connectivity index (χ0v) is 60.9. The van der Waals surface area contributed by atoms with Gasteiger partial charge in [0.05, 0.1) is 38.6 Å². The van der Waals surface area contributed by atoms with Gasteiger partial charge in [0.1, 0.15) is 69.0 Å². The van der Waals surface area contributed by atoms with Crippen LogP contribution in [-0.4, -0.2) is 140 Å². The topological polar surface area (TPSA) is 211 Å². The van der Waals surface area contributed by atoms with E-state index < -0.39 is 61.9 Å². The molecule has 0 aliphatic carbocycles. The van der Waals surface area contributed by atoms with Crippen LogP contribution in [-0.2, 0) is 47.7 Å². The smallest absolute Gasteiger partial charge is 0.850 e. The molecular weight excluding hydrogens is 1370 g/mol. The fourth-order valence-corrected chi connectivity index (χ4v) is 7.63. The van der Waals surface area contributed by atoms with Crippen LogP contribution in [0, 0.1) is 60.2 Å².